The second-order valence-corrected chi connectivity index (χ2v) is 7.90. The van der Waals surface area contributed by atoms with Crippen molar-refractivity contribution in [1.82, 2.24) is 0 Å². The molecule has 4 rings (SSSR count). The smallest absolute Gasteiger partial charge is 0.242 e. The van der Waals surface area contributed by atoms with Crippen molar-refractivity contribution in [3.63, 3.8) is 0 Å². The SMILES string of the molecule is CCCCCN1C(=O)C(C)(c2ccc(Oc3ccccc3)cc2O)c2ccccc21. The number of phenolic OH excluding ortho intramolecular Hbond substituents is 1. The molecule has 1 unspecified atom stereocenters. The third kappa shape index (κ3) is 3.43. The monoisotopic (exact) mass is 401 g/mol. The minimum Gasteiger partial charge on any atom is -0.507 e. The fraction of sp³-hybridized carbons (Fsp3) is 0.269. The van der Waals surface area contributed by atoms with Crippen molar-refractivity contribution in [1.29, 1.82) is 0 Å². The van der Waals surface area contributed by atoms with Gasteiger partial charge in [-0.1, -0.05) is 62.2 Å². The van der Waals surface area contributed by atoms with E-state index in [-0.39, 0.29) is 11.7 Å². The molecule has 0 spiro atoms. The maximum absolute atomic E-state index is 13.6. The van der Waals surface area contributed by atoms with Crippen LogP contribution in [0.1, 0.15) is 44.2 Å². The standard InChI is InChI=1S/C26H27NO3/c1-3-4-10-17-27-23-14-9-8-13-21(23)26(2,25(27)29)22-16-15-20(18-24(22)28)30-19-11-6-5-7-12-19/h5-9,11-16,18,28H,3-4,10,17H2,1-2H3. The Bertz CT molecular complexity index is 1050. The molecule has 3 aromatic rings. The third-order valence-corrected chi connectivity index (χ3v) is 5.88. The van der Waals surface area contributed by atoms with Crippen LogP contribution in [0.4, 0.5) is 5.69 Å². The van der Waals surface area contributed by atoms with Gasteiger partial charge in [0.15, 0.2) is 0 Å². The molecule has 30 heavy (non-hydrogen) atoms. The van der Waals surface area contributed by atoms with E-state index in [0.717, 1.165) is 30.5 Å². The number of hydrogen-bond donors (Lipinski definition) is 1. The van der Waals surface area contributed by atoms with E-state index in [1.54, 1.807) is 12.1 Å². The molecular weight excluding hydrogens is 374 g/mol. The van der Waals surface area contributed by atoms with Gasteiger partial charge in [-0.15, -0.1) is 0 Å². The summed E-state index contributed by atoms with van der Waals surface area (Å²) < 4.78 is 5.84. The number of unbranched alkanes of at least 4 members (excludes halogenated alkanes) is 2. The normalized spacial score (nSPS) is 17.8. The number of anilines is 1. The molecule has 1 amide bonds. The van der Waals surface area contributed by atoms with Crippen LogP contribution in [0, 0.1) is 0 Å². The first-order chi connectivity index (χ1) is 14.6. The maximum Gasteiger partial charge on any atom is 0.242 e. The van der Waals surface area contributed by atoms with Gasteiger partial charge in [0.25, 0.3) is 0 Å². The lowest BCUT2D eigenvalue weighted by molar-refractivity contribution is -0.121. The van der Waals surface area contributed by atoms with E-state index in [0.29, 0.717) is 23.6 Å². The molecule has 4 nitrogen and oxygen atoms in total. The molecule has 3 aromatic carbocycles. The molecule has 0 radical (unpaired) electrons. The van der Waals surface area contributed by atoms with E-state index in [9.17, 15) is 9.90 Å². The lowest BCUT2D eigenvalue weighted by atomic mass is 9.77. The molecule has 0 fully saturated rings. The van der Waals surface area contributed by atoms with E-state index in [1.165, 1.54) is 0 Å². The molecular formula is C26H27NO3. The van der Waals surface area contributed by atoms with Crippen LogP contribution >= 0.6 is 0 Å². The summed E-state index contributed by atoms with van der Waals surface area (Å²) in [5.41, 5.74) is 1.53. The van der Waals surface area contributed by atoms with Gasteiger partial charge >= 0.3 is 0 Å². The van der Waals surface area contributed by atoms with Crippen LogP contribution in [0.25, 0.3) is 0 Å². The van der Waals surface area contributed by atoms with Crippen molar-refractivity contribution in [3.05, 3.63) is 83.9 Å². The largest absolute Gasteiger partial charge is 0.507 e. The third-order valence-electron chi connectivity index (χ3n) is 5.88. The first kappa shape index (κ1) is 20.0. The summed E-state index contributed by atoms with van der Waals surface area (Å²) in [5, 5.41) is 10.9. The molecule has 0 bridgehead atoms. The van der Waals surface area contributed by atoms with Crippen molar-refractivity contribution in [3.8, 4) is 17.2 Å². The zero-order valence-corrected chi connectivity index (χ0v) is 17.5. The van der Waals surface area contributed by atoms with Crippen molar-refractivity contribution >= 4 is 11.6 Å². The minimum atomic E-state index is -0.932. The molecule has 1 atom stereocenters. The number of para-hydroxylation sites is 2. The average Bonchev–Trinajstić information content (AvgIpc) is 2.97. The fourth-order valence-electron chi connectivity index (χ4n) is 4.25. The van der Waals surface area contributed by atoms with Gasteiger partial charge in [-0.2, -0.15) is 0 Å². The van der Waals surface area contributed by atoms with Gasteiger partial charge < -0.3 is 14.7 Å². The number of hydrogen-bond acceptors (Lipinski definition) is 3. The van der Waals surface area contributed by atoms with Crippen LogP contribution in [0.5, 0.6) is 17.2 Å². The molecule has 1 heterocycles. The number of carbonyl (C=O) groups excluding carboxylic acids is 1. The topological polar surface area (TPSA) is 49.8 Å². The van der Waals surface area contributed by atoms with Crippen molar-refractivity contribution < 1.29 is 14.6 Å². The number of nitrogens with zero attached hydrogens (tertiary/aromatic N) is 1. The first-order valence-corrected chi connectivity index (χ1v) is 10.5. The number of rotatable bonds is 7. The maximum atomic E-state index is 13.6. The predicted molar refractivity (Wildman–Crippen MR) is 119 cm³/mol. The summed E-state index contributed by atoms with van der Waals surface area (Å²) in [4.78, 5) is 15.5. The Balaban J connectivity index is 1.69. The molecule has 4 heteroatoms. The van der Waals surface area contributed by atoms with Crippen LogP contribution in [-0.2, 0) is 10.2 Å². The summed E-state index contributed by atoms with van der Waals surface area (Å²) >= 11 is 0. The number of fused-ring (bicyclic) bond motifs is 1. The van der Waals surface area contributed by atoms with Gasteiger partial charge in [0, 0.05) is 23.9 Å². The number of ether oxygens (including phenoxy) is 1. The Kier molecular flexibility index (Phi) is 5.49. The number of aromatic hydroxyl groups is 1. The van der Waals surface area contributed by atoms with Crippen LogP contribution in [0.2, 0.25) is 0 Å². The number of carbonyl (C=O) groups is 1. The number of phenols is 1. The van der Waals surface area contributed by atoms with E-state index < -0.39 is 5.41 Å². The highest BCUT2D eigenvalue weighted by molar-refractivity contribution is 6.10. The molecule has 0 aromatic heterocycles. The quantitative estimate of drug-likeness (QED) is 0.492. The Morgan fingerprint density at radius 1 is 0.900 bits per heavy atom. The molecule has 1 aliphatic heterocycles. The second-order valence-electron chi connectivity index (χ2n) is 7.90. The van der Waals surface area contributed by atoms with Crippen molar-refractivity contribution in [2.24, 2.45) is 0 Å². The summed E-state index contributed by atoms with van der Waals surface area (Å²) in [6, 6.07) is 22.5. The lowest BCUT2D eigenvalue weighted by Crippen LogP contribution is -2.39. The van der Waals surface area contributed by atoms with E-state index in [2.05, 4.69) is 6.92 Å². The Hall–Kier alpha value is -3.27. The van der Waals surface area contributed by atoms with Crippen LogP contribution in [0.15, 0.2) is 72.8 Å². The van der Waals surface area contributed by atoms with Gasteiger partial charge in [0.1, 0.15) is 22.7 Å². The Labute approximate surface area is 177 Å². The van der Waals surface area contributed by atoms with Gasteiger partial charge in [-0.3, -0.25) is 4.79 Å². The average molecular weight is 402 g/mol. The molecule has 0 aliphatic carbocycles. The van der Waals surface area contributed by atoms with E-state index >= 15 is 0 Å². The Morgan fingerprint density at radius 2 is 1.63 bits per heavy atom. The fourth-order valence-corrected chi connectivity index (χ4v) is 4.25. The number of benzene rings is 3. The molecule has 1 N–H and O–H groups in total. The van der Waals surface area contributed by atoms with Crippen LogP contribution in [0.3, 0.4) is 0 Å². The molecule has 1 aliphatic rings. The lowest BCUT2D eigenvalue weighted by Gasteiger charge is -2.26. The van der Waals surface area contributed by atoms with Crippen molar-refractivity contribution in [2.75, 3.05) is 11.4 Å². The van der Waals surface area contributed by atoms with Crippen LogP contribution in [-0.4, -0.2) is 17.6 Å². The summed E-state index contributed by atoms with van der Waals surface area (Å²) in [5.74, 6) is 1.29. The predicted octanol–water partition coefficient (Wildman–Crippen LogP) is 6.03. The van der Waals surface area contributed by atoms with Gasteiger partial charge in [-0.25, -0.2) is 0 Å². The zero-order chi connectivity index (χ0) is 21.1. The molecule has 0 saturated heterocycles. The van der Waals surface area contributed by atoms with E-state index in [1.807, 2.05) is 72.5 Å². The van der Waals surface area contributed by atoms with E-state index in [4.69, 9.17) is 4.74 Å². The first-order valence-electron chi connectivity index (χ1n) is 10.5. The highest BCUT2D eigenvalue weighted by Gasteiger charge is 2.49. The second kappa shape index (κ2) is 8.23. The van der Waals surface area contributed by atoms with Gasteiger partial charge in [-0.05, 0) is 43.2 Å². The zero-order valence-electron chi connectivity index (χ0n) is 17.5. The Morgan fingerprint density at radius 3 is 2.37 bits per heavy atom. The summed E-state index contributed by atoms with van der Waals surface area (Å²) in [6.45, 7) is 4.75. The minimum absolute atomic E-state index is 0.00632. The summed E-state index contributed by atoms with van der Waals surface area (Å²) in [7, 11) is 0. The van der Waals surface area contributed by atoms with Crippen molar-refractivity contribution in [2.45, 2.75) is 38.5 Å². The molecule has 154 valence electrons. The number of amides is 1. The molecule has 0 saturated carbocycles. The van der Waals surface area contributed by atoms with Crippen LogP contribution < -0.4 is 9.64 Å². The highest BCUT2D eigenvalue weighted by atomic mass is 16.5. The van der Waals surface area contributed by atoms with Gasteiger partial charge in [0.2, 0.25) is 5.91 Å². The summed E-state index contributed by atoms with van der Waals surface area (Å²) in [6.07, 6.45) is 3.15. The van der Waals surface area contributed by atoms with Gasteiger partial charge in [0.05, 0.1) is 0 Å². The highest BCUT2D eigenvalue weighted by Crippen LogP contribution is 2.49.